The molecule has 0 atom stereocenters. The van der Waals surface area contributed by atoms with Crippen LogP contribution in [0.4, 0.5) is 5.82 Å². The molecule has 0 radical (unpaired) electrons. The van der Waals surface area contributed by atoms with Crippen molar-refractivity contribution in [1.29, 1.82) is 5.26 Å². The lowest BCUT2D eigenvalue weighted by atomic mass is 10.0. The molecule has 0 fully saturated rings. The first kappa shape index (κ1) is 15.5. The third-order valence-electron chi connectivity index (χ3n) is 3.31. The summed E-state index contributed by atoms with van der Waals surface area (Å²) in [6.07, 6.45) is 1.57. The first-order chi connectivity index (χ1) is 10.2. The van der Waals surface area contributed by atoms with Gasteiger partial charge in [-0.3, -0.25) is 0 Å². The third-order valence-corrected chi connectivity index (χ3v) is 3.80. The topological polar surface area (TPSA) is 61.6 Å². The summed E-state index contributed by atoms with van der Waals surface area (Å²) in [4.78, 5) is 0. The molecule has 2 aromatic rings. The number of aryl methyl sites for hydroxylation is 1. The molecule has 1 aromatic heterocycles. The number of hydrogen-bond donors (Lipinski definition) is 1. The lowest BCUT2D eigenvalue weighted by Gasteiger charge is -2.12. The zero-order valence-electron chi connectivity index (χ0n) is 12.2. The SMILES string of the molecule is CCc1nnc(NCc2cccc(Br)c2)c(C#N)c1CC. The van der Waals surface area contributed by atoms with E-state index in [1.165, 1.54) is 0 Å². The summed E-state index contributed by atoms with van der Waals surface area (Å²) in [7, 11) is 0. The van der Waals surface area contributed by atoms with Crippen molar-refractivity contribution in [3.63, 3.8) is 0 Å². The molecule has 0 saturated carbocycles. The van der Waals surface area contributed by atoms with Crippen molar-refractivity contribution in [2.24, 2.45) is 0 Å². The number of aromatic nitrogens is 2. The maximum absolute atomic E-state index is 9.43. The zero-order chi connectivity index (χ0) is 15.2. The van der Waals surface area contributed by atoms with Crippen LogP contribution in [0.25, 0.3) is 0 Å². The van der Waals surface area contributed by atoms with Crippen LogP contribution in [-0.2, 0) is 19.4 Å². The van der Waals surface area contributed by atoms with E-state index in [9.17, 15) is 5.26 Å². The van der Waals surface area contributed by atoms with Crippen LogP contribution in [-0.4, -0.2) is 10.2 Å². The average Bonchev–Trinajstić information content (AvgIpc) is 2.51. The minimum atomic E-state index is 0.562. The van der Waals surface area contributed by atoms with Gasteiger partial charge in [0.1, 0.15) is 11.6 Å². The van der Waals surface area contributed by atoms with Gasteiger partial charge in [-0.15, -0.1) is 5.10 Å². The summed E-state index contributed by atoms with van der Waals surface area (Å²) in [5.74, 6) is 0.562. The lowest BCUT2D eigenvalue weighted by Crippen LogP contribution is -2.10. The molecular formula is C16H17BrN4. The van der Waals surface area contributed by atoms with E-state index in [1.807, 2.05) is 38.1 Å². The minimum absolute atomic E-state index is 0.562. The van der Waals surface area contributed by atoms with E-state index >= 15 is 0 Å². The molecule has 0 bridgehead atoms. The number of benzene rings is 1. The van der Waals surface area contributed by atoms with Crippen LogP contribution in [0.3, 0.4) is 0 Å². The molecule has 0 aliphatic heterocycles. The van der Waals surface area contributed by atoms with Crippen molar-refractivity contribution < 1.29 is 0 Å². The van der Waals surface area contributed by atoms with Gasteiger partial charge in [-0.1, -0.05) is 41.9 Å². The highest BCUT2D eigenvalue weighted by molar-refractivity contribution is 9.10. The van der Waals surface area contributed by atoms with E-state index in [0.29, 0.717) is 17.9 Å². The van der Waals surface area contributed by atoms with Crippen LogP contribution in [0.5, 0.6) is 0 Å². The van der Waals surface area contributed by atoms with Gasteiger partial charge in [0.25, 0.3) is 0 Å². The molecule has 0 unspecified atom stereocenters. The number of rotatable bonds is 5. The lowest BCUT2D eigenvalue weighted by molar-refractivity contribution is 0.869. The van der Waals surface area contributed by atoms with Crippen LogP contribution < -0.4 is 5.32 Å². The summed E-state index contributed by atoms with van der Waals surface area (Å²) < 4.78 is 1.03. The summed E-state index contributed by atoms with van der Waals surface area (Å²) in [6.45, 7) is 4.67. The molecule has 5 heteroatoms. The van der Waals surface area contributed by atoms with E-state index in [1.54, 1.807) is 0 Å². The summed E-state index contributed by atoms with van der Waals surface area (Å²) in [5, 5.41) is 21.0. The molecule has 0 spiro atoms. The molecule has 21 heavy (non-hydrogen) atoms. The largest absolute Gasteiger partial charge is 0.363 e. The highest BCUT2D eigenvalue weighted by Crippen LogP contribution is 2.21. The van der Waals surface area contributed by atoms with Crippen molar-refractivity contribution in [1.82, 2.24) is 10.2 Å². The predicted molar refractivity (Wildman–Crippen MR) is 87.0 cm³/mol. The smallest absolute Gasteiger partial charge is 0.167 e. The van der Waals surface area contributed by atoms with Gasteiger partial charge in [0.2, 0.25) is 0 Å². The van der Waals surface area contributed by atoms with Crippen molar-refractivity contribution in [3.8, 4) is 6.07 Å². The van der Waals surface area contributed by atoms with Gasteiger partial charge >= 0.3 is 0 Å². The Bertz CT molecular complexity index is 676. The standard InChI is InChI=1S/C16H17BrN4/c1-3-13-14(9-18)16(21-20-15(13)4-2)19-10-11-6-5-7-12(17)8-11/h5-8H,3-4,10H2,1-2H3,(H,19,21). The van der Waals surface area contributed by atoms with Gasteiger partial charge in [0.05, 0.1) is 5.69 Å². The Morgan fingerprint density at radius 3 is 2.67 bits per heavy atom. The number of nitrogens with one attached hydrogen (secondary N) is 1. The number of hydrogen-bond acceptors (Lipinski definition) is 4. The van der Waals surface area contributed by atoms with E-state index in [-0.39, 0.29) is 0 Å². The summed E-state index contributed by atoms with van der Waals surface area (Å²) >= 11 is 3.45. The Balaban J connectivity index is 2.26. The normalized spacial score (nSPS) is 10.2. The Labute approximate surface area is 133 Å². The van der Waals surface area contributed by atoms with Crippen LogP contribution in [0.15, 0.2) is 28.7 Å². The van der Waals surface area contributed by atoms with Gasteiger partial charge in [-0.05, 0) is 36.1 Å². The van der Waals surface area contributed by atoms with Gasteiger partial charge in [-0.2, -0.15) is 10.4 Å². The Morgan fingerprint density at radius 1 is 1.24 bits per heavy atom. The van der Waals surface area contributed by atoms with E-state index < -0.39 is 0 Å². The molecule has 4 nitrogen and oxygen atoms in total. The first-order valence-electron chi connectivity index (χ1n) is 6.96. The highest BCUT2D eigenvalue weighted by Gasteiger charge is 2.13. The number of anilines is 1. The highest BCUT2D eigenvalue weighted by atomic mass is 79.9. The molecular weight excluding hydrogens is 328 g/mol. The van der Waals surface area contributed by atoms with E-state index in [2.05, 4.69) is 37.5 Å². The second-order valence-corrected chi connectivity index (χ2v) is 5.57. The molecule has 0 saturated heterocycles. The molecule has 0 aliphatic rings. The number of halogens is 1. The van der Waals surface area contributed by atoms with Gasteiger partial charge in [0, 0.05) is 11.0 Å². The van der Waals surface area contributed by atoms with Crippen LogP contribution in [0, 0.1) is 11.3 Å². The summed E-state index contributed by atoms with van der Waals surface area (Å²) in [5.41, 5.74) is 3.63. The Morgan fingerprint density at radius 2 is 2.05 bits per heavy atom. The van der Waals surface area contributed by atoms with E-state index in [4.69, 9.17) is 0 Å². The second-order valence-electron chi connectivity index (χ2n) is 4.65. The van der Waals surface area contributed by atoms with Gasteiger partial charge in [0.15, 0.2) is 5.82 Å². The summed E-state index contributed by atoms with van der Waals surface area (Å²) in [6, 6.07) is 10.3. The number of nitriles is 1. The van der Waals surface area contributed by atoms with Crippen molar-refractivity contribution in [2.45, 2.75) is 33.2 Å². The van der Waals surface area contributed by atoms with E-state index in [0.717, 1.165) is 34.1 Å². The fraction of sp³-hybridized carbons (Fsp3) is 0.312. The van der Waals surface area contributed by atoms with Gasteiger partial charge < -0.3 is 5.32 Å². The number of nitrogens with zero attached hydrogens (tertiary/aromatic N) is 3. The molecule has 1 N–H and O–H groups in total. The zero-order valence-corrected chi connectivity index (χ0v) is 13.7. The molecule has 2 rings (SSSR count). The quantitative estimate of drug-likeness (QED) is 0.894. The molecule has 0 aliphatic carbocycles. The fourth-order valence-corrected chi connectivity index (χ4v) is 2.70. The third kappa shape index (κ3) is 3.59. The monoisotopic (exact) mass is 344 g/mol. The molecule has 108 valence electrons. The van der Waals surface area contributed by atoms with Crippen molar-refractivity contribution in [3.05, 3.63) is 51.1 Å². The first-order valence-corrected chi connectivity index (χ1v) is 7.75. The maximum Gasteiger partial charge on any atom is 0.167 e. The average molecular weight is 345 g/mol. The van der Waals surface area contributed by atoms with Crippen molar-refractivity contribution >= 4 is 21.7 Å². The Hall–Kier alpha value is -1.93. The maximum atomic E-state index is 9.43. The van der Waals surface area contributed by atoms with Crippen LogP contribution in [0.2, 0.25) is 0 Å². The Kier molecular flexibility index (Phi) is 5.29. The van der Waals surface area contributed by atoms with Crippen molar-refractivity contribution in [2.75, 3.05) is 5.32 Å². The van der Waals surface area contributed by atoms with Gasteiger partial charge in [-0.25, -0.2) is 0 Å². The molecule has 1 heterocycles. The fourth-order valence-electron chi connectivity index (χ4n) is 2.25. The predicted octanol–water partition coefficient (Wildman–Crippen LogP) is 3.85. The van der Waals surface area contributed by atoms with Crippen LogP contribution >= 0.6 is 15.9 Å². The molecule has 0 amide bonds. The second kappa shape index (κ2) is 7.19. The van der Waals surface area contributed by atoms with Crippen LogP contribution in [0.1, 0.15) is 36.2 Å². The minimum Gasteiger partial charge on any atom is -0.363 e. The molecule has 1 aromatic carbocycles.